The SMILES string of the molecule is Cc1ncsc1C(NN)C1=CCCCCC1. The maximum absolute atomic E-state index is 5.70. The molecule has 0 fully saturated rings. The third kappa shape index (κ3) is 2.51. The summed E-state index contributed by atoms with van der Waals surface area (Å²) in [6.07, 6.45) is 8.62. The summed E-state index contributed by atoms with van der Waals surface area (Å²) in [6, 6.07) is 0.172. The summed E-state index contributed by atoms with van der Waals surface area (Å²) in [4.78, 5) is 5.56. The van der Waals surface area contributed by atoms with Gasteiger partial charge in [-0.15, -0.1) is 11.3 Å². The number of hydrogen-bond donors (Lipinski definition) is 2. The number of nitrogens with two attached hydrogens (primary N) is 1. The van der Waals surface area contributed by atoms with Crippen LogP contribution in [0.3, 0.4) is 0 Å². The summed E-state index contributed by atoms with van der Waals surface area (Å²) in [6.45, 7) is 2.05. The van der Waals surface area contributed by atoms with Crippen molar-refractivity contribution in [2.75, 3.05) is 0 Å². The Labute approximate surface area is 101 Å². The van der Waals surface area contributed by atoms with E-state index in [4.69, 9.17) is 5.84 Å². The summed E-state index contributed by atoms with van der Waals surface area (Å²) in [5.74, 6) is 5.70. The van der Waals surface area contributed by atoms with E-state index in [2.05, 4.69) is 16.5 Å². The average molecular weight is 237 g/mol. The van der Waals surface area contributed by atoms with Gasteiger partial charge in [0.15, 0.2) is 0 Å². The van der Waals surface area contributed by atoms with Gasteiger partial charge in [-0.1, -0.05) is 18.1 Å². The van der Waals surface area contributed by atoms with Crippen molar-refractivity contribution in [1.29, 1.82) is 0 Å². The van der Waals surface area contributed by atoms with Crippen LogP contribution in [-0.4, -0.2) is 4.98 Å². The highest BCUT2D eigenvalue weighted by Gasteiger charge is 2.19. The van der Waals surface area contributed by atoms with Crippen molar-refractivity contribution in [3.05, 3.63) is 27.7 Å². The number of nitrogens with zero attached hydrogens (tertiary/aromatic N) is 1. The van der Waals surface area contributed by atoms with Crippen LogP contribution in [0, 0.1) is 6.92 Å². The Morgan fingerprint density at radius 3 is 3.00 bits per heavy atom. The quantitative estimate of drug-likeness (QED) is 0.483. The Kier molecular flexibility index (Phi) is 4.09. The zero-order valence-electron chi connectivity index (χ0n) is 9.70. The van der Waals surface area contributed by atoms with Gasteiger partial charge in [0.2, 0.25) is 0 Å². The number of hydrazine groups is 1. The normalized spacial score (nSPS) is 19.0. The first-order chi connectivity index (χ1) is 7.83. The fourth-order valence-corrected chi connectivity index (χ4v) is 3.14. The first-order valence-corrected chi connectivity index (χ1v) is 6.76. The van der Waals surface area contributed by atoms with Crippen molar-refractivity contribution in [3.8, 4) is 0 Å². The van der Waals surface area contributed by atoms with Crippen molar-refractivity contribution < 1.29 is 0 Å². The Morgan fingerprint density at radius 2 is 2.31 bits per heavy atom. The van der Waals surface area contributed by atoms with Crippen molar-refractivity contribution in [2.45, 2.75) is 45.1 Å². The first-order valence-electron chi connectivity index (χ1n) is 5.88. The molecule has 3 N–H and O–H groups in total. The second kappa shape index (κ2) is 5.57. The van der Waals surface area contributed by atoms with Crippen LogP contribution in [0.4, 0.5) is 0 Å². The Hall–Kier alpha value is -0.710. The molecule has 2 rings (SSSR count). The minimum atomic E-state index is 0.172. The largest absolute Gasteiger partial charge is 0.271 e. The smallest absolute Gasteiger partial charge is 0.0798 e. The minimum Gasteiger partial charge on any atom is -0.271 e. The molecular weight excluding hydrogens is 218 g/mol. The number of allylic oxidation sites excluding steroid dienone is 1. The molecule has 0 spiro atoms. The lowest BCUT2D eigenvalue weighted by Crippen LogP contribution is -2.29. The third-order valence-corrected chi connectivity index (χ3v) is 4.15. The van der Waals surface area contributed by atoms with Gasteiger partial charge in [0, 0.05) is 4.88 Å². The van der Waals surface area contributed by atoms with Gasteiger partial charge in [-0.3, -0.25) is 5.84 Å². The lowest BCUT2D eigenvalue weighted by molar-refractivity contribution is 0.597. The second-order valence-corrected chi connectivity index (χ2v) is 5.17. The molecule has 1 aromatic rings. The summed E-state index contributed by atoms with van der Waals surface area (Å²) in [5.41, 5.74) is 7.37. The maximum atomic E-state index is 5.70. The molecular formula is C12H19N3S. The highest BCUT2D eigenvalue weighted by molar-refractivity contribution is 7.09. The van der Waals surface area contributed by atoms with Gasteiger partial charge in [-0.2, -0.15) is 0 Å². The Bertz CT molecular complexity index is 370. The molecule has 1 heterocycles. The summed E-state index contributed by atoms with van der Waals surface area (Å²) >= 11 is 1.69. The lowest BCUT2D eigenvalue weighted by atomic mass is 10.0. The molecule has 1 aliphatic carbocycles. The van der Waals surface area contributed by atoms with Gasteiger partial charge >= 0.3 is 0 Å². The molecule has 0 saturated heterocycles. The fourth-order valence-electron chi connectivity index (χ4n) is 2.24. The van der Waals surface area contributed by atoms with E-state index in [0.29, 0.717) is 0 Å². The van der Waals surface area contributed by atoms with Gasteiger partial charge < -0.3 is 0 Å². The van der Waals surface area contributed by atoms with E-state index < -0.39 is 0 Å². The number of nitrogens with one attached hydrogen (secondary N) is 1. The number of aryl methyl sites for hydroxylation is 1. The summed E-state index contributed by atoms with van der Waals surface area (Å²) in [7, 11) is 0. The Morgan fingerprint density at radius 1 is 1.44 bits per heavy atom. The van der Waals surface area contributed by atoms with Crippen molar-refractivity contribution >= 4 is 11.3 Å². The van der Waals surface area contributed by atoms with E-state index in [1.54, 1.807) is 11.3 Å². The molecule has 3 nitrogen and oxygen atoms in total. The van der Waals surface area contributed by atoms with Gasteiger partial charge in [0.25, 0.3) is 0 Å². The molecule has 0 saturated carbocycles. The number of rotatable bonds is 3. The van der Waals surface area contributed by atoms with E-state index >= 15 is 0 Å². The Balaban J connectivity index is 2.21. The second-order valence-electron chi connectivity index (χ2n) is 4.28. The number of hydrogen-bond acceptors (Lipinski definition) is 4. The van der Waals surface area contributed by atoms with Gasteiger partial charge in [0.1, 0.15) is 0 Å². The molecule has 0 aliphatic heterocycles. The summed E-state index contributed by atoms with van der Waals surface area (Å²) in [5, 5.41) is 0. The molecule has 1 aromatic heterocycles. The van der Waals surface area contributed by atoms with E-state index in [-0.39, 0.29) is 6.04 Å². The molecule has 4 heteroatoms. The molecule has 0 radical (unpaired) electrons. The monoisotopic (exact) mass is 237 g/mol. The van der Waals surface area contributed by atoms with E-state index in [0.717, 1.165) is 12.1 Å². The zero-order valence-corrected chi connectivity index (χ0v) is 10.5. The molecule has 1 unspecified atom stereocenters. The van der Waals surface area contributed by atoms with Crippen LogP contribution in [-0.2, 0) is 0 Å². The molecule has 0 aromatic carbocycles. The van der Waals surface area contributed by atoms with Gasteiger partial charge in [-0.05, 0) is 32.6 Å². The molecule has 0 amide bonds. The minimum absolute atomic E-state index is 0.172. The van der Waals surface area contributed by atoms with Crippen molar-refractivity contribution in [1.82, 2.24) is 10.4 Å². The predicted molar refractivity (Wildman–Crippen MR) is 68.1 cm³/mol. The van der Waals surface area contributed by atoms with Crippen LogP contribution in [0.2, 0.25) is 0 Å². The number of thiazole rings is 1. The average Bonchev–Trinajstić information content (AvgIpc) is 2.57. The molecule has 88 valence electrons. The van der Waals surface area contributed by atoms with Crippen molar-refractivity contribution in [2.24, 2.45) is 5.84 Å². The fraction of sp³-hybridized carbons (Fsp3) is 0.583. The van der Waals surface area contributed by atoms with Crippen molar-refractivity contribution in [3.63, 3.8) is 0 Å². The zero-order chi connectivity index (χ0) is 11.4. The van der Waals surface area contributed by atoms with Crippen LogP contribution in [0.5, 0.6) is 0 Å². The first kappa shape index (κ1) is 11.8. The summed E-state index contributed by atoms with van der Waals surface area (Å²) < 4.78 is 0. The topological polar surface area (TPSA) is 50.9 Å². The van der Waals surface area contributed by atoms with Crippen LogP contribution < -0.4 is 11.3 Å². The molecule has 16 heavy (non-hydrogen) atoms. The van der Waals surface area contributed by atoms with E-state index in [1.807, 2.05) is 12.4 Å². The molecule has 1 aliphatic rings. The van der Waals surface area contributed by atoms with Gasteiger partial charge in [-0.25, -0.2) is 10.4 Å². The molecule has 1 atom stereocenters. The van der Waals surface area contributed by atoms with E-state index in [1.165, 1.54) is 36.1 Å². The standard InChI is InChI=1S/C12H19N3S/c1-9-12(16-8-14-9)11(15-13)10-6-4-2-3-5-7-10/h6,8,11,15H,2-5,7,13H2,1H3. The number of aromatic nitrogens is 1. The van der Waals surface area contributed by atoms with Crippen LogP contribution >= 0.6 is 11.3 Å². The highest BCUT2D eigenvalue weighted by atomic mass is 32.1. The van der Waals surface area contributed by atoms with Gasteiger partial charge in [0.05, 0.1) is 17.2 Å². The van der Waals surface area contributed by atoms with Crippen LogP contribution in [0.25, 0.3) is 0 Å². The molecule has 0 bridgehead atoms. The lowest BCUT2D eigenvalue weighted by Gasteiger charge is -2.18. The van der Waals surface area contributed by atoms with Crippen LogP contribution in [0.1, 0.15) is 48.7 Å². The van der Waals surface area contributed by atoms with Crippen LogP contribution in [0.15, 0.2) is 17.2 Å². The maximum Gasteiger partial charge on any atom is 0.0798 e. The predicted octanol–water partition coefficient (Wildman–Crippen LogP) is 2.85. The third-order valence-electron chi connectivity index (χ3n) is 3.16. The highest BCUT2D eigenvalue weighted by Crippen LogP contribution is 2.32. The van der Waals surface area contributed by atoms with E-state index in [9.17, 15) is 0 Å².